The maximum Gasteiger partial charge on any atom is 0.267 e. The Morgan fingerprint density at radius 3 is 2.55 bits per heavy atom. The van der Waals surface area contributed by atoms with Crippen LogP contribution >= 0.6 is 22.9 Å². The van der Waals surface area contributed by atoms with E-state index < -0.39 is 0 Å². The number of aryl methyl sites for hydroxylation is 1. The molecule has 0 aliphatic rings. The van der Waals surface area contributed by atoms with Crippen molar-refractivity contribution in [2.45, 2.75) is 13.5 Å². The predicted molar refractivity (Wildman–Crippen MR) is 119 cm³/mol. The average Bonchev–Trinajstić information content (AvgIpc) is 3.17. The van der Waals surface area contributed by atoms with Gasteiger partial charge in [-0.25, -0.2) is 4.98 Å². The van der Waals surface area contributed by atoms with Gasteiger partial charge < -0.3 is 4.74 Å². The molecule has 1 heterocycles. The second-order valence-corrected chi connectivity index (χ2v) is 8.02. The van der Waals surface area contributed by atoms with E-state index in [1.165, 1.54) is 11.3 Å². The van der Waals surface area contributed by atoms with Crippen LogP contribution in [0.1, 0.15) is 11.1 Å². The number of anilines is 1. The van der Waals surface area contributed by atoms with Gasteiger partial charge in [0.1, 0.15) is 11.3 Å². The lowest BCUT2D eigenvalue weighted by atomic mass is 10.2. The van der Waals surface area contributed by atoms with Gasteiger partial charge in [-0.1, -0.05) is 77.5 Å². The predicted octanol–water partition coefficient (Wildman–Crippen LogP) is 5.87. The van der Waals surface area contributed by atoms with Gasteiger partial charge in [0.2, 0.25) is 0 Å². The molecule has 4 rings (SSSR count). The third-order valence-corrected chi connectivity index (χ3v) is 5.87. The second kappa shape index (κ2) is 8.64. The number of halogens is 1. The monoisotopic (exact) mass is 422 g/mol. The molecule has 4 nitrogen and oxygen atoms in total. The van der Waals surface area contributed by atoms with Gasteiger partial charge in [-0.15, -0.1) is 0 Å². The fraction of sp³-hybridized carbons (Fsp3) is 0.130. The summed E-state index contributed by atoms with van der Waals surface area (Å²) in [6.07, 6.45) is 0. The van der Waals surface area contributed by atoms with E-state index in [9.17, 15) is 4.79 Å². The summed E-state index contributed by atoms with van der Waals surface area (Å²) in [7, 11) is 0. The molecule has 0 aliphatic heterocycles. The number of amides is 1. The molecule has 0 spiro atoms. The van der Waals surface area contributed by atoms with Gasteiger partial charge in [0.15, 0.2) is 11.7 Å². The number of hydrogen-bond donors (Lipinski definition) is 0. The lowest BCUT2D eigenvalue weighted by Crippen LogP contribution is -2.34. The molecule has 0 saturated heterocycles. The van der Waals surface area contributed by atoms with Crippen LogP contribution in [-0.2, 0) is 11.3 Å². The normalized spacial score (nSPS) is 10.8. The van der Waals surface area contributed by atoms with Crippen molar-refractivity contribution in [2.24, 2.45) is 0 Å². The number of thiazole rings is 1. The molecule has 4 aromatic rings. The topological polar surface area (TPSA) is 42.4 Å². The number of carbonyl (C=O) groups excluding carboxylic acids is 1. The summed E-state index contributed by atoms with van der Waals surface area (Å²) in [6.45, 7) is 2.30. The lowest BCUT2D eigenvalue weighted by molar-refractivity contribution is -0.120. The van der Waals surface area contributed by atoms with E-state index in [-0.39, 0.29) is 12.5 Å². The van der Waals surface area contributed by atoms with E-state index in [1.54, 1.807) is 11.0 Å². The first-order valence-corrected chi connectivity index (χ1v) is 10.4. The first-order valence-electron chi connectivity index (χ1n) is 9.19. The molecule has 3 aromatic carbocycles. The molecule has 29 heavy (non-hydrogen) atoms. The molecule has 0 unspecified atom stereocenters. The summed E-state index contributed by atoms with van der Waals surface area (Å²) in [5.41, 5.74) is 2.71. The van der Waals surface area contributed by atoms with Crippen molar-refractivity contribution in [1.82, 2.24) is 4.98 Å². The minimum Gasteiger partial charge on any atom is -0.483 e. The molecule has 0 saturated carbocycles. The zero-order valence-corrected chi connectivity index (χ0v) is 17.4. The van der Waals surface area contributed by atoms with E-state index in [0.29, 0.717) is 28.0 Å². The highest BCUT2D eigenvalue weighted by Crippen LogP contribution is 2.33. The van der Waals surface area contributed by atoms with E-state index >= 15 is 0 Å². The molecule has 6 heteroatoms. The zero-order chi connectivity index (χ0) is 20.2. The maximum atomic E-state index is 13.1. The van der Waals surface area contributed by atoms with E-state index in [4.69, 9.17) is 16.3 Å². The van der Waals surface area contributed by atoms with Crippen molar-refractivity contribution < 1.29 is 9.53 Å². The number of hydrogen-bond acceptors (Lipinski definition) is 4. The Labute approximate surface area is 178 Å². The lowest BCUT2D eigenvalue weighted by Gasteiger charge is -2.20. The Morgan fingerprint density at radius 2 is 1.79 bits per heavy atom. The Balaban J connectivity index is 1.63. The Hall–Kier alpha value is -2.89. The number of nitrogens with zero attached hydrogens (tertiary/aromatic N) is 2. The first-order chi connectivity index (χ1) is 14.1. The number of para-hydroxylation sites is 2. The van der Waals surface area contributed by atoms with Gasteiger partial charge in [0.25, 0.3) is 5.91 Å². The molecular weight excluding hydrogens is 404 g/mol. The summed E-state index contributed by atoms with van der Waals surface area (Å²) < 4.78 is 6.74. The Kier molecular flexibility index (Phi) is 5.79. The highest BCUT2D eigenvalue weighted by atomic mass is 35.5. The van der Waals surface area contributed by atoms with Gasteiger partial charge in [-0.05, 0) is 36.2 Å². The first kappa shape index (κ1) is 19.4. The minimum absolute atomic E-state index is 0.0681. The molecule has 0 bridgehead atoms. The summed E-state index contributed by atoms with van der Waals surface area (Å²) in [4.78, 5) is 19.4. The minimum atomic E-state index is -0.160. The van der Waals surface area contributed by atoms with Crippen LogP contribution in [0.2, 0.25) is 5.02 Å². The maximum absolute atomic E-state index is 13.1. The van der Waals surface area contributed by atoms with Crippen LogP contribution in [0, 0.1) is 6.92 Å². The second-order valence-electron chi connectivity index (χ2n) is 6.60. The van der Waals surface area contributed by atoms with Gasteiger partial charge in [0.05, 0.1) is 16.3 Å². The molecule has 0 N–H and O–H groups in total. The van der Waals surface area contributed by atoms with Crippen molar-refractivity contribution in [3.8, 4) is 5.75 Å². The third-order valence-electron chi connectivity index (χ3n) is 4.52. The molecule has 0 aliphatic carbocycles. The van der Waals surface area contributed by atoms with Crippen LogP contribution in [0.5, 0.6) is 5.75 Å². The number of ether oxygens (including phenoxy) is 1. The zero-order valence-electron chi connectivity index (χ0n) is 15.8. The van der Waals surface area contributed by atoms with E-state index in [1.807, 2.05) is 73.7 Å². The SMILES string of the molecule is Cc1ccccc1OCC(=O)N(Cc1ccccc1)c1nc2c(Cl)cccc2s1. The quantitative estimate of drug-likeness (QED) is 0.390. The highest BCUT2D eigenvalue weighted by Gasteiger charge is 2.21. The fourth-order valence-electron chi connectivity index (χ4n) is 2.98. The summed E-state index contributed by atoms with van der Waals surface area (Å²) in [5.74, 6) is 0.542. The number of rotatable bonds is 6. The van der Waals surface area contributed by atoms with Gasteiger partial charge >= 0.3 is 0 Å². The van der Waals surface area contributed by atoms with Crippen molar-refractivity contribution in [3.05, 3.63) is 88.9 Å². The average molecular weight is 423 g/mol. The molecular formula is C23H19ClN2O2S. The number of carbonyl (C=O) groups is 1. The van der Waals surface area contributed by atoms with Crippen LogP contribution in [0.15, 0.2) is 72.8 Å². The summed E-state index contributed by atoms with van der Waals surface area (Å²) in [6, 6.07) is 23.1. The van der Waals surface area contributed by atoms with Crippen LogP contribution in [0.4, 0.5) is 5.13 Å². The van der Waals surface area contributed by atoms with Crippen molar-refractivity contribution in [2.75, 3.05) is 11.5 Å². The summed E-state index contributed by atoms with van der Waals surface area (Å²) in [5, 5.41) is 1.18. The van der Waals surface area contributed by atoms with Crippen molar-refractivity contribution in [3.63, 3.8) is 0 Å². The number of aromatic nitrogens is 1. The number of fused-ring (bicyclic) bond motifs is 1. The van der Waals surface area contributed by atoms with Crippen molar-refractivity contribution in [1.29, 1.82) is 0 Å². The van der Waals surface area contributed by atoms with Crippen LogP contribution in [0.25, 0.3) is 10.2 Å². The standard InChI is InChI=1S/C23H19ClN2O2S/c1-16-8-5-6-12-19(16)28-15-21(27)26(14-17-9-3-2-4-10-17)23-25-22-18(24)11-7-13-20(22)29-23/h2-13H,14-15H2,1H3. The van der Waals surface area contributed by atoms with Crippen LogP contribution in [-0.4, -0.2) is 17.5 Å². The summed E-state index contributed by atoms with van der Waals surface area (Å²) >= 11 is 7.74. The van der Waals surface area contributed by atoms with Gasteiger partial charge in [-0.2, -0.15) is 0 Å². The molecule has 146 valence electrons. The molecule has 0 atom stereocenters. The van der Waals surface area contributed by atoms with Crippen molar-refractivity contribution >= 4 is 44.2 Å². The van der Waals surface area contributed by atoms with Gasteiger partial charge in [0, 0.05) is 0 Å². The van der Waals surface area contributed by atoms with Crippen LogP contribution < -0.4 is 9.64 Å². The highest BCUT2D eigenvalue weighted by molar-refractivity contribution is 7.22. The number of benzene rings is 3. The third kappa shape index (κ3) is 4.42. The Morgan fingerprint density at radius 1 is 1.03 bits per heavy atom. The fourth-order valence-corrected chi connectivity index (χ4v) is 4.26. The molecule has 1 aromatic heterocycles. The van der Waals surface area contributed by atoms with E-state index in [2.05, 4.69) is 4.98 Å². The smallest absolute Gasteiger partial charge is 0.267 e. The molecule has 0 radical (unpaired) electrons. The van der Waals surface area contributed by atoms with Crippen LogP contribution in [0.3, 0.4) is 0 Å². The van der Waals surface area contributed by atoms with E-state index in [0.717, 1.165) is 15.8 Å². The molecule has 1 amide bonds. The molecule has 0 fully saturated rings. The Bertz CT molecular complexity index is 1140. The van der Waals surface area contributed by atoms with Gasteiger partial charge in [-0.3, -0.25) is 9.69 Å². The largest absolute Gasteiger partial charge is 0.483 e.